The highest BCUT2D eigenvalue weighted by atomic mass is 16.2. The molecule has 0 unspecified atom stereocenters. The van der Waals surface area contributed by atoms with E-state index in [1.807, 2.05) is 38.1 Å². The van der Waals surface area contributed by atoms with Gasteiger partial charge < -0.3 is 0 Å². The van der Waals surface area contributed by atoms with E-state index in [2.05, 4.69) is 20.8 Å². The number of nitrogens with zero attached hydrogens (tertiary/aromatic N) is 2. The van der Waals surface area contributed by atoms with Crippen molar-refractivity contribution in [3.8, 4) is 0 Å². The monoisotopic (exact) mass is 334 g/mol. The first-order valence-corrected chi connectivity index (χ1v) is 7.96. The molecule has 3 aromatic rings. The van der Waals surface area contributed by atoms with E-state index in [0.29, 0.717) is 11.1 Å². The topological polar surface area (TPSA) is 84.0 Å². The third kappa shape index (κ3) is 3.63. The molecule has 0 aliphatic carbocycles. The minimum atomic E-state index is -0.427. The van der Waals surface area contributed by atoms with Crippen LogP contribution >= 0.6 is 0 Å². The molecule has 2 aromatic heterocycles. The number of carbonyl (C=O) groups excluding carboxylic acids is 2. The fourth-order valence-corrected chi connectivity index (χ4v) is 2.43. The maximum absolute atomic E-state index is 12.6. The molecule has 126 valence electrons. The smallest absolute Gasteiger partial charge is 0.267 e. The molecule has 6 nitrogen and oxygen atoms in total. The standard InChI is InChI=1S/C19H18N4O2/c1-12(2)17-10-15(14-7-3-4-8-16(14)21-17)19(25)23-22-18(24)13-6-5-9-20-11-13/h3-12H,1-2H3,(H,22,24)(H,23,25). The Kier molecular flexibility index (Phi) is 4.70. The predicted molar refractivity (Wildman–Crippen MR) is 95.0 cm³/mol. The van der Waals surface area contributed by atoms with E-state index in [0.717, 1.165) is 16.6 Å². The summed E-state index contributed by atoms with van der Waals surface area (Å²) in [7, 11) is 0. The van der Waals surface area contributed by atoms with E-state index < -0.39 is 11.8 Å². The van der Waals surface area contributed by atoms with Crippen LogP contribution in [-0.4, -0.2) is 21.8 Å². The van der Waals surface area contributed by atoms with Crippen LogP contribution in [0.3, 0.4) is 0 Å². The van der Waals surface area contributed by atoms with Gasteiger partial charge in [0.2, 0.25) is 0 Å². The lowest BCUT2D eigenvalue weighted by molar-refractivity contribution is 0.0847. The molecule has 2 heterocycles. The highest BCUT2D eigenvalue weighted by molar-refractivity contribution is 6.07. The molecule has 3 rings (SSSR count). The summed E-state index contributed by atoms with van der Waals surface area (Å²) in [5, 5.41) is 0.736. The van der Waals surface area contributed by atoms with Gasteiger partial charge in [0.1, 0.15) is 0 Å². The summed E-state index contributed by atoms with van der Waals surface area (Å²) in [6.45, 7) is 4.03. The molecule has 25 heavy (non-hydrogen) atoms. The average molecular weight is 334 g/mol. The Morgan fingerprint density at radius 2 is 1.76 bits per heavy atom. The van der Waals surface area contributed by atoms with E-state index >= 15 is 0 Å². The SMILES string of the molecule is CC(C)c1cc(C(=O)NNC(=O)c2cccnc2)c2ccccc2n1. The largest absolute Gasteiger partial charge is 0.271 e. The third-order valence-electron chi connectivity index (χ3n) is 3.79. The van der Waals surface area contributed by atoms with Crippen molar-refractivity contribution in [1.29, 1.82) is 0 Å². The fourth-order valence-electron chi connectivity index (χ4n) is 2.43. The molecule has 0 bridgehead atoms. The van der Waals surface area contributed by atoms with Gasteiger partial charge in [-0.25, -0.2) is 0 Å². The zero-order chi connectivity index (χ0) is 17.8. The lowest BCUT2D eigenvalue weighted by Gasteiger charge is -2.12. The van der Waals surface area contributed by atoms with Gasteiger partial charge in [0.25, 0.3) is 11.8 Å². The lowest BCUT2D eigenvalue weighted by Crippen LogP contribution is -2.41. The Labute approximate surface area is 145 Å². The van der Waals surface area contributed by atoms with Gasteiger partial charge in [0, 0.05) is 23.5 Å². The number of carbonyl (C=O) groups is 2. The van der Waals surface area contributed by atoms with Gasteiger partial charge in [-0.3, -0.25) is 30.4 Å². The van der Waals surface area contributed by atoms with E-state index in [1.165, 1.54) is 6.20 Å². The van der Waals surface area contributed by atoms with Crippen LogP contribution in [0.1, 0.15) is 46.2 Å². The number of pyridine rings is 2. The first-order chi connectivity index (χ1) is 12.1. The summed E-state index contributed by atoms with van der Waals surface area (Å²) >= 11 is 0. The Balaban J connectivity index is 1.85. The van der Waals surface area contributed by atoms with Crippen LogP contribution in [0.25, 0.3) is 10.9 Å². The summed E-state index contributed by atoms with van der Waals surface area (Å²) in [5.74, 6) is -0.636. The maximum atomic E-state index is 12.6. The zero-order valence-corrected chi connectivity index (χ0v) is 14.0. The van der Waals surface area contributed by atoms with Crippen LogP contribution < -0.4 is 10.9 Å². The predicted octanol–water partition coefficient (Wildman–Crippen LogP) is 2.83. The number of rotatable bonds is 3. The molecular weight excluding hydrogens is 316 g/mol. The lowest BCUT2D eigenvalue weighted by atomic mass is 10.0. The molecule has 0 atom stereocenters. The summed E-state index contributed by atoms with van der Waals surface area (Å²) in [6, 6.07) is 12.5. The van der Waals surface area contributed by atoms with Crippen molar-refractivity contribution in [2.75, 3.05) is 0 Å². The quantitative estimate of drug-likeness (QED) is 0.721. The number of hydrogen-bond acceptors (Lipinski definition) is 4. The van der Waals surface area contributed by atoms with Gasteiger partial charge in [-0.2, -0.15) is 0 Å². The van der Waals surface area contributed by atoms with Crippen LogP contribution in [-0.2, 0) is 0 Å². The molecule has 1 aromatic carbocycles. The van der Waals surface area contributed by atoms with Gasteiger partial charge in [-0.1, -0.05) is 32.0 Å². The zero-order valence-electron chi connectivity index (χ0n) is 14.0. The molecule has 6 heteroatoms. The van der Waals surface area contributed by atoms with E-state index in [-0.39, 0.29) is 5.92 Å². The van der Waals surface area contributed by atoms with Gasteiger partial charge in [0.15, 0.2) is 0 Å². The van der Waals surface area contributed by atoms with Crippen molar-refractivity contribution in [3.63, 3.8) is 0 Å². The van der Waals surface area contributed by atoms with Gasteiger partial charge in [-0.05, 0) is 30.2 Å². The van der Waals surface area contributed by atoms with Crippen molar-refractivity contribution in [1.82, 2.24) is 20.8 Å². The summed E-state index contributed by atoms with van der Waals surface area (Å²) in [6.07, 6.45) is 3.01. The summed E-state index contributed by atoms with van der Waals surface area (Å²) in [5.41, 5.74) is 7.28. The highest BCUT2D eigenvalue weighted by Gasteiger charge is 2.15. The molecular formula is C19H18N4O2. The van der Waals surface area contributed by atoms with Crippen LogP contribution in [0.5, 0.6) is 0 Å². The summed E-state index contributed by atoms with van der Waals surface area (Å²) in [4.78, 5) is 33.1. The number of aromatic nitrogens is 2. The first-order valence-electron chi connectivity index (χ1n) is 7.96. The van der Waals surface area contributed by atoms with Crippen LogP contribution in [0.4, 0.5) is 0 Å². The molecule has 0 radical (unpaired) electrons. The van der Waals surface area contributed by atoms with Crippen molar-refractivity contribution >= 4 is 22.7 Å². The first kappa shape index (κ1) is 16.6. The Hall–Kier alpha value is -3.28. The number of hydrazine groups is 1. The molecule has 0 saturated carbocycles. The van der Waals surface area contributed by atoms with Crippen LogP contribution in [0, 0.1) is 0 Å². The second-order valence-electron chi connectivity index (χ2n) is 5.92. The van der Waals surface area contributed by atoms with Crippen molar-refractivity contribution in [2.24, 2.45) is 0 Å². The van der Waals surface area contributed by atoms with E-state index in [9.17, 15) is 9.59 Å². The molecule has 2 N–H and O–H groups in total. The number of fused-ring (bicyclic) bond motifs is 1. The second-order valence-corrected chi connectivity index (χ2v) is 5.92. The number of hydrogen-bond donors (Lipinski definition) is 2. The van der Waals surface area contributed by atoms with Crippen LogP contribution in [0.2, 0.25) is 0 Å². The minimum absolute atomic E-state index is 0.182. The number of benzene rings is 1. The molecule has 0 saturated heterocycles. The van der Waals surface area contributed by atoms with E-state index in [1.54, 1.807) is 24.4 Å². The molecule has 0 aliphatic heterocycles. The minimum Gasteiger partial charge on any atom is -0.267 e. The van der Waals surface area contributed by atoms with Crippen molar-refractivity contribution in [3.05, 3.63) is 71.7 Å². The van der Waals surface area contributed by atoms with E-state index in [4.69, 9.17) is 0 Å². The normalized spacial score (nSPS) is 10.7. The molecule has 2 amide bonds. The van der Waals surface area contributed by atoms with Crippen molar-refractivity contribution in [2.45, 2.75) is 19.8 Å². The third-order valence-corrected chi connectivity index (χ3v) is 3.79. The van der Waals surface area contributed by atoms with Gasteiger partial charge >= 0.3 is 0 Å². The number of amides is 2. The molecule has 0 fully saturated rings. The van der Waals surface area contributed by atoms with Gasteiger partial charge in [-0.15, -0.1) is 0 Å². The highest BCUT2D eigenvalue weighted by Crippen LogP contribution is 2.22. The molecule has 0 spiro atoms. The average Bonchev–Trinajstić information content (AvgIpc) is 2.65. The Bertz CT molecular complexity index is 923. The fraction of sp³-hybridized carbons (Fsp3) is 0.158. The maximum Gasteiger partial charge on any atom is 0.271 e. The second kappa shape index (κ2) is 7.09. The Morgan fingerprint density at radius 3 is 2.48 bits per heavy atom. The Morgan fingerprint density at radius 1 is 1.00 bits per heavy atom. The van der Waals surface area contributed by atoms with Crippen LogP contribution in [0.15, 0.2) is 54.9 Å². The number of para-hydroxylation sites is 1. The number of nitrogens with one attached hydrogen (secondary N) is 2. The molecule has 0 aliphatic rings. The van der Waals surface area contributed by atoms with Gasteiger partial charge in [0.05, 0.1) is 16.6 Å². The summed E-state index contributed by atoms with van der Waals surface area (Å²) < 4.78 is 0. The van der Waals surface area contributed by atoms with Crippen molar-refractivity contribution < 1.29 is 9.59 Å².